The molecule has 0 atom stereocenters. The monoisotopic (exact) mass is 274 g/mol. The summed E-state index contributed by atoms with van der Waals surface area (Å²) in [5.74, 6) is -0.411. The van der Waals surface area contributed by atoms with Crippen molar-refractivity contribution in [1.29, 1.82) is 0 Å². The van der Waals surface area contributed by atoms with Crippen LogP contribution < -0.4 is 5.73 Å². The molecule has 2 aromatic rings. The van der Waals surface area contributed by atoms with Gasteiger partial charge >= 0.3 is 5.97 Å². The summed E-state index contributed by atoms with van der Waals surface area (Å²) in [5.41, 5.74) is 7.93. The fraction of sp³-hybridized carbons (Fsp3) is 0.357. The standard InChI is InChI=1S/C14H18N4O2/c1-3-4-5-10-6-8-11(9-7-10)18-13(15)12(16-17-18)14(19)20-2/h6-9H,3-5,15H2,1-2H3. The van der Waals surface area contributed by atoms with E-state index in [1.165, 1.54) is 23.8 Å². The van der Waals surface area contributed by atoms with Gasteiger partial charge in [0.2, 0.25) is 5.69 Å². The molecule has 0 bridgehead atoms. The molecular weight excluding hydrogens is 256 g/mol. The van der Waals surface area contributed by atoms with Gasteiger partial charge in [-0.2, -0.15) is 4.68 Å². The molecule has 20 heavy (non-hydrogen) atoms. The number of esters is 1. The van der Waals surface area contributed by atoms with Gasteiger partial charge in [-0.05, 0) is 30.5 Å². The lowest BCUT2D eigenvalue weighted by atomic mass is 10.1. The van der Waals surface area contributed by atoms with E-state index in [0.29, 0.717) is 0 Å². The van der Waals surface area contributed by atoms with Crippen molar-refractivity contribution in [2.75, 3.05) is 12.8 Å². The van der Waals surface area contributed by atoms with E-state index in [1.807, 2.05) is 24.3 Å². The zero-order chi connectivity index (χ0) is 14.5. The normalized spacial score (nSPS) is 10.5. The third kappa shape index (κ3) is 2.79. The maximum atomic E-state index is 11.4. The minimum absolute atomic E-state index is 0.0301. The Morgan fingerprint density at radius 3 is 2.65 bits per heavy atom. The molecular formula is C14H18N4O2. The fourth-order valence-corrected chi connectivity index (χ4v) is 1.91. The lowest BCUT2D eigenvalue weighted by Gasteiger charge is -2.05. The number of nitrogens with two attached hydrogens (primary N) is 1. The second kappa shape index (κ2) is 6.18. The summed E-state index contributed by atoms with van der Waals surface area (Å²) in [5, 5.41) is 7.64. The zero-order valence-corrected chi connectivity index (χ0v) is 11.7. The van der Waals surface area contributed by atoms with Crippen LogP contribution in [0.3, 0.4) is 0 Å². The SMILES string of the molecule is CCCCc1ccc(-n2nnc(C(=O)OC)c2N)cc1. The average Bonchev–Trinajstić information content (AvgIpc) is 2.86. The Labute approximate surface area is 117 Å². The van der Waals surface area contributed by atoms with Crippen LogP contribution in [0.2, 0.25) is 0 Å². The van der Waals surface area contributed by atoms with Gasteiger partial charge in [-0.3, -0.25) is 0 Å². The van der Waals surface area contributed by atoms with E-state index in [1.54, 1.807) is 0 Å². The lowest BCUT2D eigenvalue weighted by molar-refractivity contribution is 0.0595. The largest absolute Gasteiger partial charge is 0.464 e. The van der Waals surface area contributed by atoms with Crippen LogP contribution in [0.15, 0.2) is 24.3 Å². The van der Waals surface area contributed by atoms with E-state index in [4.69, 9.17) is 5.73 Å². The highest BCUT2D eigenvalue weighted by Crippen LogP contribution is 2.17. The third-order valence-electron chi connectivity index (χ3n) is 3.08. The smallest absolute Gasteiger partial charge is 0.362 e. The minimum Gasteiger partial charge on any atom is -0.464 e. The first-order chi connectivity index (χ1) is 9.67. The predicted molar refractivity (Wildman–Crippen MR) is 75.7 cm³/mol. The molecule has 106 valence electrons. The molecule has 6 nitrogen and oxygen atoms in total. The summed E-state index contributed by atoms with van der Waals surface area (Å²) in [4.78, 5) is 11.4. The summed E-state index contributed by atoms with van der Waals surface area (Å²) in [6.45, 7) is 2.17. The van der Waals surface area contributed by atoms with Gasteiger partial charge in [-0.25, -0.2) is 4.79 Å². The van der Waals surface area contributed by atoms with Gasteiger partial charge in [0.05, 0.1) is 12.8 Å². The fourth-order valence-electron chi connectivity index (χ4n) is 1.91. The number of anilines is 1. The molecule has 0 radical (unpaired) electrons. The molecule has 0 saturated carbocycles. The number of carbonyl (C=O) groups excluding carboxylic acids is 1. The van der Waals surface area contributed by atoms with Gasteiger partial charge in [-0.1, -0.05) is 30.7 Å². The van der Waals surface area contributed by atoms with Crippen molar-refractivity contribution < 1.29 is 9.53 Å². The van der Waals surface area contributed by atoms with Crippen molar-refractivity contribution in [3.8, 4) is 5.69 Å². The number of unbranched alkanes of at least 4 members (excludes halogenated alkanes) is 1. The van der Waals surface area contributed by atoms with Crippen LogP contribution in [0.4, 0.5) is 5.82 Å². The van der Waals surface area contributed by atoms with Crippen molar-refractivity contribution in [1.82, 2.24) is 15.0 Å². The summed E-state index contributed by atoms with van der Waals surface area (Å²) in [6.07, 6.45) is 3.38. The Hall–Kier alpha value is -2.37. The quantitative estimate of drug-likeness (QED) is 0.843. The maximum absolute atomic E-state index is 11.4. The molecule has 1 aromatic carbocycles. The van der Waals surface area contributed by atoms with Gasteiger partial charge in [-0.15, -0.1) is 5.10 Å². The van der Waals surface area contributed by atoms with E-state index in [0.717, 1.165) is 18.5 Å². The Balaban J connectivity index is 2.24. The minimum atomic E-state index is -0.590. The third-order valence-corrected chi connectivity index (χ3v) is 3.08. The van der Waals surface area contributed by atoms with Gasteiger partial charge in [0.1, 0.15) is 0 Å². The van der Waals surface area contributed by atoms with Crippen LogP contribution in [-0.4, -0.2) is 28.1 Å². The van der Waals surface area contributed by atoms with Crippen LogP contribution >= 0.6 is 0 Å². The summed E-state index contributed by atoms with van der Waals surface area (Å²) >= 11 is 0. The summed E-state index contributed by atoms with van der Waals surface area (Å²) in [6, 6.07) is 7.89. The molecule has 2 rings (SSSR count). The van der Waals surface area contributed by atoms with Crippen molar-refractivity contribution >= 4 is 11.8 Å². The van der Waals surface area contributed by atoms with Crippen LogP contribution in [0.1, 0.15) is 35.8 Å². The van der Waals surface area contributed by atoms with E-state index >= 15 is 0 Å². The van der Waals surface area contributed by atoms with Crippen molar-refractivity contribution in [2.24, 2.45) is 0 Å². The molecule has 0 unspecified atom stereocenters. The van der Waals surface area contributed by atoms with E-state index in [-0.39, 0.29) is 11.5 Å². The van der Waals surface area contributed by atoms with Crippen molar-refractivity contribution in [3.05, 3.63) is 35.5 Å². The molecule has 2 N–H and O–H groups in total. The predicted octanol–water partition coefficient (Wildman–Crippen LogP) is 1.98. The Kier molecular flexibility index (Phi) is 4.34. The molecule has 0 spiro atoms. The molecule has 1 heterocycles. The number of hydrogen-bond donors (Lipinski definition) is 1. The second-order valence-electron chi connectivity index (χ2n) is 4.50. The van der Waals surface area contributed by atoms with Crippen LogP contribution in [0.5, 0.6) is 0 Å². The molecule has 0 fully saturated rings. The number of ether oxygens (including phenoxy) is 1. The van der Waals surface area contributed by atoms with E-state index in [2.05, 4.69) is 22.0 Å². The highest BCUT2D eigenvalue weighted by molar-refractivity contribution is 5.92. The molecule has 0 saturated heterocycles. The van der Waals surface area contributed by atoms with Crippen LogP contribution in [-0.2, 0) is 11.2 Å². The first-order valence-corrected chi connectivity index (χ1v) is 6.56. The number of carbonyl (C=O) groups is 1. The number of aryl methyl sites for hydroxylation is 1. The van der Waals surface area contributed by atoms with E-state index < -0.39 is 5.97 Å². The first kappa shape index (κ1) is 14.0. The number of nitrogen functional groups attached to an aromatic ring is 1. The maximum Gasteiger partial charge on any atom is 0.362 e. The molecule has 0 aliphatic heterocycles. The molecule has 0 aliphatic carbocycles. The molecule has 0 amide bonds. The second-order valence-corrected chi connectivity index (χ2v) is 4.50. The Bertz CT molecular complexity index is 590. The molecule has 0 aliphatic rings. The Morgan fingerprint density at radius 2 is 2.05 bits per heavy atom. The van der Waals surface area contributed by atoms with Crippen molar-refractivity contribution in [3.63, 3.8) is 0 Å². The first-order valence-electron chi connectivity index (χ1n) is 6.56. The molecule has 6 heteroatoms. The van der Waals surface area contributed by atoms with E-state index in [9.17, 15) is 4.79 Å². The molecule has 1 aromatic heterocycles. The number of nitrogens with zero attached hydrogens (tertiary/aromatic N) is 3. The van der Waals surface area contributed by atoms with Crippen molar-refractivity contribution in [2.45, 2.75) is 26.2 Å². The number of rotatable bonds is 5. The van der Waals surface area contributed by atoms with Crippen LogP contribution in [0, 0.1) is 0 Å². The summed E-state index contributed by atoms with van der Waals surface area (Å²) < 4.78 is 6.02. The van der Waals surface area contributed by atoms with Gasteiger partial charge in [0.15, 0.2) is 5.82 Å². The lowest BCUT2D eigenvalue weighted by Crippen LogP contribution is -2.07. The van der Waals surface area contributed by atoms with Gasteiger partial charge < -0.3 is 10.5 Å². The number of hydrogen-bond acceptors (Lipinski definition) is 5. The highest BCUT2D eigenvalue weighted by Gasteiger charge is 2.18. The van der Waals surface area contributed by atoms with Gasteiger partial charge in [0, 0.05) is 0 Å². The Morgan fingerprint density at radius 1 is 1.35 bits per heavy atom. The zero-order valence-electron chi connectivity index (χ0n) is 11.7. The average molecular weight is 274 g/mol. The number of methoxy groups -OCH3 is 1. The highest BCUT2D eigenvalue weighted by atomic mass is 16.5. The number of aromatic nitrogens is 3. The number of benzene rings is 1. The van der Waals surface area contributed by atoms with Gasteiger partial charge in [0.25, 0.3) is 0 Å². The summed E-state index contributed by atoms with van der Waals surface area (Å²) in [7, 11) is 1.28. The topological polar surface area (TPSA) is 83.0 Å². The van der Waals surface area contributed by atoms with Crippen LogP contribution in [0.25, 0.3) is 5.69 Å².